The molecular weight excluding hydrogens is 425 g/mol. The third-order valence-electron chi connectivity index (χ3n) is 4.80. The van der Waals surface area contributed by atoms with Crippen molar-refractivity contribution < 1.29 is 23.1 Å². The molecule has 0 spiro atoms. The lowest BCUT2D eigenvalue weighted by Crippen LogP contribution is -2.23. The maximum atomic E-state index is 14.4. The van der Waals surface area contributed by atoms with Crippen molar-refractivity contribution in [2.75, 3.05) is 5.32 Å². The number of hydrogen-bond acceptors (Lipinski definition) is 5. The molecule has 4 rings (SSSR count). The lowest BCUT2D eigenvalue weighted by Gasteiger charge is -2.11. The van der Waals surface area contributed by atoms with Crippen LogP contribution < -0.4 is 15.4 Å². The smallest absolute Gasteiger partial charge is 0.291 e. The fourth-order valence-electron chi connectivity index (χ4n) is 3.05. The molecule has 0 aliphatic carbocycles. The van der Waals surface area contributed by atoms with Crippen molar-refractivity contribution >= 4 is 17.5 Å². The van der Waals surface area contributed by atoms with E-state index in [2.05, 4.69) is 15.6 Å². The molecule has 0 saturated carbocycles. The van der Waals surface area contributed by atoms with E-state index >= 15 is 0 Å². The SMILES string of the molecule is Cc1ccc(C(=O)NCc2ccc(Oc3cccnc3)c(F)c2)cc1NC(=O)c1ccco1. The molecule has 2 N–H and O–H groups in total. The highest BCUT2D eigenvalue weighted by atomic mass is 19.1. The maximum Gasteiger partial charge on any atom is 0.291 e. The first-order chi connectivity index (χ1) is 16.0. The Morgan fingerprint density at radius 3 is 2.67 bits per heavy atom. The number of hydrogen-bond donors (Lipinski definition) is 2. The third kappa shape index (κ3) is 5.43. The molecule has 2 amide bonds. The van der Waals surface area contributed by atoms with E-state index in [1.807, 2.05) is 6.92 Å². The number of pyridine rings is 1. The van der Waals surface area contributed by atoms with Crippen LogP contribution >= 0.6 is 0 Å². The minimum absolute atomic E-state index is 0.0635. The average molecular weight is 445 g/mol. The van der Waals surface area contributed by atoms with E-state index in [0.717, 1.165) is 5.56 Å². The Morgan fingerprint density at radius 1 is 1.06 bits per heavy atom. The van der Waals surface area contributed by atoms with E-state index in [9.17, 15) is 14.0 Å². The van der Waals surface area contributed by atoms with Crippen molar-refractivity contribution in [1.82, 2.24) is 10.3 Å². The summed E-state index contributed by atoms with van der Waals surface area (Å²) in [4.78, 5) is 28.8. The molecule has 2 aromatic heterocycles. The Bertz CT molecular complexity index is 1270. The van der Waals surface area contributed by atoms with Gasteiger partial charge in [-0.05, 0) is 66.6 Å². The van der Waals surface area contributed by atoms with Crippen LogP contribution in [0.25, 0.3) is 0 Å². The summed E-state index contributed by atoms with van der Waals surface area (Å²) >= 11 is 0. The molecule has 0 aliphatic rings. The van der Waals surface area contributed by atoms with Gasteiger partial charge in [-0.3, -0.25) is 14.6 Å². The van der Waals surface area contributed by atoms with Crippen LogP contribution in [0.1, 0.15) is 32.0 Å². The molecule has 2 aromatic carbocycles. The molecule has 0 atom stereocenters. The lowest BCUT2D eigenvalue weighted by atomic mass is 10.1. The van der Waals surface area contributed by atoms with Gasteiger partial charge >= 0.3 is 0 Å². The van der Waals surface area contributed by atoms with Crippen LogP contribution in [0.4, 0.5) is 10.1 Å². The van der Waals surface area contributed by atoms with Crippen LogP contribution in [0.3, 0.4) is 0 Å². The summed E-state index contributed by atoms with van der Waals surface area (Å²) in [5.74, 6) is -0.671. The Hall–Kier alpha value is -4.46. The number of furan rings is 1. The van der Waals surface area contributed by atoms with Gasteiger partial charge in [0.1, 0.15) is 5.75 Å². The van der Waals surface area contributed by atoms with Gasteiger partial charge in [0.05, 0.1) is 12.5 Å². The molecule has 2 heterocycles. The highest BCUT2D eigenvalue weighted by Crippen LogP contribution is 2.24. The molecule has 4 aromatic rings. The number of benzene rings is 2. The predicted molar refractivity (Wildman–Crippen MR) is 120 cm³/mol. The first kappa shape index (κ1) is 21.8. The number of ether oxygens (including phenoxy) is 1. The van der Waals surface area contributed by atoms with E-state index in [-0.39, 0.29) is 24.0 Å². The van der Waals surface area contributed by atoms with Crippen LogP contribution in [0.5, 0.6) is 11.5 Å². The number of halogens is 1. The number of aryl methyl sites for hydroxylation is 1. The molecule has 0 aliphatic heterocycles. The van der Waals surface area contributed by atoms with Crippen LogP contribution in [0.2, 0.25) is 0 Å². The summed E-state index contributed by atoms with van der Waals surface area (Å²) in [6.07, 6.45) is 4.49. The highest BCUT2D eigenvalue weighted by molar-refractivity contribution is 6.03. The van der Waals surface area contributed by atoms with E-state index in [4.69, 9.17) is 9.15 Å². The minimum Gasteiger partial charge on any atom is -0.459 e. The maximum absolute atomic E-state index is 14.4. The average Bonchev–Trinajstić information content (AvgIpc) is 3.36. The predicted octanol–water partition coefficient (Wildman–Crippen LogP) is 5.10. The number of anilines is 1. The van der Waals surface area contributed by atoms with Crippen LogP contribution in [-0.4, -0.2) is 16.8 Å². The van der Waals surface area contributed by atoms with Gasteiger partial charge in [-0.25, -0.2) is 4.39 Å². The van der Waals surface area contributed by atoms with Crippen LogP contribution in [0.15, 0.2) is 83.7 Å². The van der Waals surface area contributed by atoms with Gasteiger partial charge in [0.15, 0.2) is 17.3 Å². The minimum atomic E-state index is -0.552. The summed E-state index contributed by atoms with van der Waals surface area (Å²) in [5.41, 5.74) is 2.20. The fourth-order valence-corrected chi connectivity index (χ4v) is 3.05. The van der Waals surface area contributed by atoms with Gasteiger partial charge in [-0.2, -0.15) is 0 Å². The summed E-state index contributed by atoms with van der Waals surface area (Å²) in [6, 6.07) is 16.0. The molecule has 33 heavy (non-hydrogen) atoms. The molecule has 0 saturated heterocycles. The van der Waals surface area contributed by atoms with Gasteiger partial charge in [0, 0.05) is 24.0 Å². The summed E-state index contributed by atoms with van der Waals surface area (Å²) < 4.78 is 25.0. The number of carbonyl (C=O) groups is 2. The molecule has 0 unspecified atom stereocenters. The number of carbonyl (C=O) groups excluding carboxylic acids is 2. The molecule has 7 nitrogen and oxygen atoms in total. The van der Waals surface area contributed by atoms with Crippen molar-refractivity contribution in [3.8, 4) is 11.5 Å². The van der Waals surface area contributed by atoms with E-state index in [1.54, 1.807) is 54.7 Å². The molecule has 8 heteroatoms. The standard InChI is InChI=1S/C25H20FN3O4/c1-16-6-8-18(13-21(16)29-25(31)23-5-3-11-32-23)24(30)28-14-17-7-9-22(20(26)12-17)33-19-4-2-10-27-15-19/h2-13,15H,14H2,1H3,(H,28,30)(H,29,31). The Labute approximate surface area is 189 Å². The second-order valence-electron chi connectivity index (χ2n) is 7.20. The zero-order valence-corrected chi connectivity index (χ0v) is 17.7. The highest BCUT2D eigenvalue weighted by Gasteiger charge is 2.13. The van der Waals surface area contributed by atoms with Gasteiger partial charge in [0.2, 0.25) is 0 Å². The van der Waals surface area contributed by atoms with Crippen molar-refractivity contribution in [2.45, 2.75) is 13.5 Å². The molecule has 0 fully saturated rings. The van der Waals surface area contributed by atoms with E-state index in [1.165, 1.54) is 24.6 Å². The molecule has 0 radical (unpaired) electrons. The summed E-state index contributed by atoms with van der Waals surface area (Å²) in [7, 11) is 0. The topological polar surface area (TPSA) is 93.5 Å². The second-order valence-corrected chi connectivity index (χ2v) is 7.20. The fraction of sp³-hybridized carbons (Fsp3) is 0.0800. The van der Waals surface area contributed by atoms with Crippen molar-refractivity contribution in [3.63, 3.8) is 0 Å². The second kappa shape index (κ2) is 9.78. The summed E-state index contributed by atoms with van der Waals surface area (Å²) in [5, 5.41) is 5.49. The normalized spacial score (nSPS) is 10.5. The largest absolute Gasteiger partial charge is 0.459 e. The number of aromatic nitrogens is 1. The zero-order chi connectivity index (χ0) is 23.2. The Balaban J connectivity index is 1.39. The van der Waals surface area contributed by atoms with Crippen molar-refractivity contribution in [3.05, 3.63) is 108 Å². The van der Waals surface area contributed by atoms with Gasteiger partial charge in [-0.1, -0.05) is 12.1 Å². The first-order valence-corrected chi connectivity index (χ1v) is 10.1. The summed E-state index contributed by atoms with van der Waals surface area (Å²) in [6.45, 7) is 1.93. The number of rotatable bonds is 7. The van der Waals surface area contributed by atoms with Crippen LogP contribution in [-0.2, 0) is 6.54 Å². The van der Waals surface area contributed by atoms with Gasteiger partial charge in [-0.15, -0.1) is 0 Å². The zero-order valence-electron chi connectivity index (χ0n) is 17.7. The van der Waals surface area contributed by atoms with E-state index in [0.29, 0.717) is 22.6 Å². The lowest BCUT2D eigenvalue weighted by molar-refractivity contribution is 0.0949. The first-order valence-electron chi connectivity index (χ1n) is 10.1. The third-order valence-corrected chi connectivity index (χ3v) is 4.80. The quantitative estimate of drug-likeness (QED) is 0.413. The van der Waals surface area contributed by atoms with Crippen molar-refractivity contribution in [1.29, 1.82) is 0 Å². The Kier molecular flexibility index (Phi) is 6.45. The Morgan fingerprint density at radius 2 is 1.94 bits per heavy atom. The number of amides is 2. The molecule has 166 valence electrons. The van der Waals surface area contributed by atoms with Gasteiger partial charge < -0.3 is 19.8 Å². The monoisotopic (exact) mass is 445 g/mol. The molecular formula is C25H20FN3O4. The van der Waals surface area contributed by atoms with Gasteiger partial charge in [0.25, 0.3) is 11.8 Å². The van der Waals surface area contributed by atoms with Crippen LogP contribution in [0, 0.1) is 12.7 Å². The number of nitrogens with one attached hydrogen (secondary N) is 2. The number of nitrogens with zero attached hydrogens (tertiary/aromatic N) is 1. The molecule has 0 bridgehead atoms. The van der Waals surface area contributed by atoms with Crippen molar-refractivity contribution in [2.24, 2.45) is 0 Å². The van der Waals surface area contributed by atoms with E-state index < -0.39 is 11.7 Å².